The molecule has 0 aliphatic carbocycles. The monoisotopic (exact) mass is 347 g/mol. The highest BCUT2D eigenvalue weighted by atomic mass is 32.2. The normalized spacial score (nSPS) is 16.6. The van der Waals surface area contributed by atoms with E-state index in [0.717, 1.165) is 43.2 Å². The van der Waals surface area contributed by atoms with Crippen LogP contribution in [-0.4, -0.2) is 65.4 Å². The Labute approximate surface area is 148 Å². The molecule has 1 amide bonds. The van der Waals surface area contributed by atoms with Gasteiger partial charge in [0.1, 0.15) is 0 Å². The Morgan fingerprint density at radius 3 is 2.54 bits per heavy atom. The number of benzene rings is 1. The molecule has 1 unspecified atom stereocenters. The van der Waals surface area contributed by atoms with Crippen LogP contribution in [0, 0.1) is 11.3 Å². The van der Waals surface area contributed by atoms with E-state index in [1.54, 1.807) is 23.9 Å². The van der Waals surface area contributed by atoms with Crippen LogP contribution in [0.15, 0.2) is 29.2 Å². The highest BCUT2D eigenvalue weighted by Gasteiger charge is 2.21. The molecule has 6 heteroatoms. The molecule has 1 heterocycles. The first kappa shape index (κ1) is 18.8. The zero-order valence-electron chi connectivity index (χ0n) is 14.1. The summed E-state index contributed by atoms with van der Waals surface area (Å²) in [5, 5.41) is 18.5. The number of carbonyl (C=O) groups is 1. The molecule has 1 aromatic rings. The van der Waals surface area contributed by atoms with Crippen LogP contribution < -0.4 is 0 Å². The molecular weight excluding hydrogens is 322 g/mol. The first-order valence-corrected chi connectivity index (χ1v) is 9.42. The zero-order valence-corrected chi connectivity index (χ0v) is 15.0. The maximum atomic E-state index is 12.3. The second kappa shape index (κ2) is 9.67. The quantitative estimate of drug-likeness (QED) is 0.764. The molecule has 2 rings (SSSR count). The van der Waals surface area contributed by atoms with Crippen molar-refractivity contribution in [2.45, 2.75) is 30.8 Å². The topological polar surface area (TPSA) is 67.6 Å². The van der Waals surface area contributed by atoms with Gasteiger partial charge < -0.3 is 10.0 Å². The third kappa shape index (κ3) is 5.82. The standard InChI is InChI=1S/C18H25N3O2S/c1-2-16(22)14-20-8-10-21(11-9-20)18(23)7-12-24-17-5-3-15(13-19)4-6-17/h3-6,16,22H,2,7-12,14H2,1H3. The first-order valence-electron chi connectivity index (χ1n) is 8.43. The fourth-order valence-electron chi connectivity index (χ4n) is 2.65. The lowest BCUT2D eigenvalue weighted by Crippen LogP contribution is -2.50. The van der Waals surface area contributed by atoms with Crippen LogP contribution in [0.1, 0.15) is 25.3 Å². The van der Waals surface area contributed by atoms with Crippen molar-refractivity contribution >= 4 is 17.7 Å². The predicted octanol–water partition coefficient (Wildman–Crippen LogP) is 1.96. The summed E-state index contributed by atoms with van der Waals surface area (Å²) in [6, 6.07) is 9.54. The number of aliphatic hydroxyl groups excluding tert-OH is 1. The van der Waals surface area contributed by atoms with E-state index in [1.807, 2.05) is 24.0 Å². The summed E-state index contributed by atoms with van der Waals surface area (Å²) in [7, 11) is 0. The summed E-state index contributed by atoms with van der Waals surface area (Å²) in [4.78, 5) is 17.5. The van der Waals surface area contributed by atoms with E-state index in [2.05, 4.69) is 11.0 Å². The lowest BCUT2D eigenvalue weighted by Gasteiger charge is -2.35. The molecule has 0 aromatic heterocycles. The van der Waals surface area contributed by atoms with Gasteiger partial charge in [0, 0.05) is 49.8 Å². The molecule has 1 aliphatic rings. The number of β-amino-alcohol motifs (C(OH)–C–C–N with tert-alkyl or cyclic N) is 1. The van der Waals surface area contributed by atoms with Crippen molar-refractivity contribution in [1.82, 2.24) is 9.80 Å². The van der Waals surface area contributed by atoms with E-state index in [4.69, 9.17) is 5.26 Å². The molecule has 0 bridgehead atoms. The predicted molar refractivity (Wildman–Crippen MR) is 95.8 cm³/mol. The van der Waals surface area contributed by atoms with Crippen LogP contribution in [0.4, 0.5) is 0 Å². The first-order chi connectivity index (χ1) is 11.6. The Balaban J connectivity index is 1.67. The fourth-order valence-corrected chi connectivity index (χ4v) is 3.49. The number of amides is 1. The van der Waals surface area contributed by atoms with Crippen molar-refractivity contribution < 1.29 is 9.90 Å². The molecule has 1 N–H and O–H groups in total. The van der Waals surface area contributed by atoms with Crippen LogP contribution in [0.5, 0.6) is 0 Å². The van der Waals surface area contributed by atoms with Crippen molar-refractivity contribution in [3.8, 4) is 6.07 Å². The molecule has 1 saturated heterocycles. The molecule has 1 atom stereocenters. The van der Waals surface area contributed by atoms with Gasteiger partial charge in [0.05, 0.1) is 17.7 Å². The van der Waals surface area contributed by atoms with Gasteiger partial charge >= 0.3 is 0 Å². The second-order valence-electron chi connectivity index (χ2n) is 5.98. The van der Waals surface area contributed by atoms with Gasteiger partial charge in [0.25, 0.3) is 0 Å². The Morgan fingerprint density at radius 2 is 1.96 bits per heavy atom. The number of carbonyl (C=O) groups excluding carboxylic acids is 1. The van der Waals surface area contributed by atoms with Gasteiger partial charge in [0.2, 0.25) is 5.91 Å². The smallest absolute Gasteiger partial charge is 0.223 e. The number of nitriles is 1. The van der Waals surface area contributed by atoms with Crippen molar-refractivity contribution in [2.24, 2.45) is 0 Å². The minimum absolute atomic E-state index is 0.201. The zero-order chi connectivity index (χ0) is 17.4. The fraction of sp³-hybridized carbons (Fsp3) is 0.556. The summed E-state index contributed by atoms with van der Waals surface area (Å²) in [5.41, 5.74) is 0.654. The van der Waals surface area contributed by atoms with Crippen LogP contribution in [0.3, 0.4) is 0 Å². The summed E-state index contributed by atoms with van der Waals surface area (Å²) >= 11 is 1.64. The van der Waals surface area contributed by atoms with Crippen LogP contribution in [-0.2, 0) is 4.79 Å². The number of thioether (sulfide) groups is 1. The van der Waals surface area contributed by atoms with Crippen molar-refractivity contribution in [2.75, 3.05) is 38.5 Å². The lowest BCUT2D eigenvalue weighted by atomic mass is 10.2. The average molecular weight is 347 g/mol. The van der Waals surface area contributed by atoms with Gasteiger partial charge in [-0.3, -0.25) is 9.69 Å². The Hall–Kier alpha value is -1.55. The summed E-state index contributed by atoms with van der Waals surface area (Å²) < 4.78 is 0. The Kier molecular flexibility index (Phi) is 7.57. The highest BCUT2D eigenvalue weighted by Crippen LogP contribution is 2.19. The molecule has 1 fully saturated rings. The minimum Gasteiger partial charge on any atom is -0.392 e. The Morgan fingerprint density at radius 1 is 1.29 bits per heavy atom. The molecule has 0 saturated carbocycles. The van der Waals surface area contributed by atoms with E-state index >= 15 is 0 Å². The second-order valence-corrected chi connectivity index (χ2v) is 7.15. The van der Waals surface area contributed by atoms with E-state index in [-0.39, 0.29) is 12.0 Å². The summed E-state index contributed by atoms with van der Waals surface area (Å²) in [5.74, 6) is 0.950. The van der Waals surface area contributed by atoms with E-state index in [9.17, 15) is 9.90 Å². The molecule has 5 nitrogen and oxygen atoms in total. The molecule has 1 aromatic carbocycles. The van der Waals surface area contributed by atoms with Gasteiger partial charge in [-0.1, -0.05) is 6.92 Å². The molecule has 1 aliphatic heterocycles. The van der Waals surface area contributed by atoms with Gasteiger partial charge in [0.15, 0.2) is 0 Å². The lowest BCUT2D eigenvalue weighted by molar-refractivity contribution is -0.132. The number of rotatable bonds is 7. The summed E-state index contributed by atoms with van der Waals surface area (Å²) in [6.07, 6.45) is 1.03. The number of piperazine rings is 1. The van der Waals surface area contributed by atoms with Crippen molar-refractivity contribution in [3.63, 3.8) is 0 Å². The SMILES string of the molecule is CCC(O)CN1CCN(C(=O)CCSc2ccc(C#N)cc2)CC1. The molecule has 24 heavy (non-hydrogen) atoms. The van der Waals surface area contributed by atoms with Gasteiger partial charge in [-0.2, -0.15) is 5.26 Å². The molecular formula is C18H25N3O2S. The van der Waals surface area contributed by atoms with Gasteiger partial charge in [-0.25, -0.2) is 0 Å². The number of aliphatic hydroxyl groups is 1. The number of hydrogen-bond donors (Lipinski definition) is 1. The van der Waals surface area contributed by atoms with Crippen LogP contribution >= 0.6 is 11.8 Å². The third-order valence-electron chi connectivity index (χ3n) is 4.23. The minimum atomic E-state index is -0.268. The van der Waals surface area contributed by atoms with Crippen molar-refractivity contribution in [3.05, 3.63) is 29.8 Å². The van der Waals surface area contributed by atoms with E-state index in [1.165, 1.54) is 0 Å². The maximum absolute atomic E-state index is 12.3. The largest absolute Gasteiger partial charge is 0.392 e. The highest BCUT2D eigenvalue weighted by molar-refractivity contribution is 7.99. The van der Waals surface area contributed by atoms with E-state index < -0.39 is 0 Å². The number of nitrogens with zero attached hydrogens (tertiary/aromatic N) is 3. The molecule has 0 spiro atoms. The molecule has 130 valence electrons. The third-order valence-corrected chi connectivity index (χ3v) is 5.25. The average Bonchev–Trinajstić information content (AvgIpc) is 2.62. The number of hydrogen-bond acceptors (Lipinski definition) is 5. The van der Waals surface area contributed by atoms with Gasteiger partial charge in [-0.15, -0.1) is 11.8 Å². The molecule has 0 radical (unpaired) electrons. The van der Waals surface area contributed by atoms with Crippen molar-refractivity contribution in [1.29, 1.82) is 5.26 Å². The summed E-state index contributed by atoms with van der Waals surface area (Å²) in [6.45, 7) is 5.85. The van der Waals surface area contributed by atoms with Gasteiger partial charge in [-0.05, 0) is 30.7 Å². The van der Waals surface area contributed by atoms with E-state index in [0.29, 0.717) is 18.5 Å². The van der Waals surface area contributed by atoms with Crippen LogP contribution in [0.2, 0.25) is 0 Å². The maximum Gasteiger partial charge on any atom is 0.223 e. The Bertz CT molecular complexity index is 563. The van der Waals surface area contributed by atoms with Crippen LogP contribution in [0.25, 0.3) is 0 Å².